The number of hydrogen-bond acceptors (Lipinski definition) is 4. The molecule has 0 unspecified atom stereocenters. The van der Waals surface area contributed by atoms with Crippen LogP contribution in [0.4, 0.5) is 10.3 Å². The Hall–Kier alpha value is -3.02. The molecule has 2 aromatic carbocycles. The minimum Gasteiger partial charge on any atom is -0.368 e. The van der Waals surface area contributed by atoms with E-state index in [2.05, 4.69) is 10.1 Å². The Morgan fingerprint density at radius 3 is 2.48 bits per heavy atom. The summed E-state index contributed by atoms with van der Waals surface area (Å²) in [6.45, 7) is 0. The van der Waals surface area contributed by atoms with Gasteiger partial charge in [-0.1, -0.05) is 30.3 Å². The molecule has 0 aliphatic carbocycles. The Labute approximate surface area is 132 Å². The lowest BCUT2D eigenvalue weighted by atomic mass is 10.1. The van der Waals surface area contributed by atoms with Crippen LogP contribution in [0.3, 0.4) is 0 Å². The maximum absolute atomic E-state index is 13.0. The molecule has 0 aliphatic heterocycles. The molecule has 0 atom stereocenters. The van der Waals surface area contributed by atoms with Crippen LogP contribution in [0.15, 0.2) is 54.6 Å². The van der Waals surface area contributed by atoms with E-state index in [0.717, 1.165) is 10.2 Å². The van der Waals surface area contributed by atoms with Crippen molar-refractivity contribution in [3.8, 4) is 11.4 Å². The summed E-state index contributed by atoms with van der Waals surface area (Å²) >= 11 is 0. The van der Waals surface area contributed by atoms with Gasteiger partial charge in [-0.15, -0.1) is 5.10 Å². The normalized spacial score (nSPS) is 10.7. The van der Waals surface area contributed by atoms with Crippen molar-refractivity contribution in [1.82, 2.24) is 14.8 Å². The van der Waals surface area contributed by atoms with Gasteiger partial charge in [0.05, 0.1) is 0 Å². The Bertz CT molecular complexity index is 812. The first-order chi connectivity index (χ1) is 11.1. The van der Waals surface area contributed by atoms with Gasteiger partial charge < -0.3 is 5.73 Å². The fraction of sp³-hybridized carbons (Fsp3) is 0.118. The van der Waals surface area contributed by atoms with E-state index >= 15 is 0 Å². The highest BCUT2D eigenvalue weighted by atomic mass is 19.1. The second kappa shape index (κ2) is 6.39. The molecule has 6 heteroatoms. The first-order valence-electron chi connectivity index (χ1n) is 7.19. The van der Waals surface area contributed by atoms with E-state index in [0.29, 0.717) is 17.8 Å². The molecular formula is C17H15FN4O. The van der Waals surface area contributed by atoms with Crippen LogP contribution in [0.5, 0.6) is 0 Å². The Balaban J connectivity index is 1.75. The smallest absolute Gasteiger partial charge is 0.250 e. The van der Waals surface area contributed by atoms with Gasteiger partial charge in [0.15, 0.2) is 5.82 Å². The molecule has 0 amide bonds. The minimum absolute atomic E-state index is 0.0300. The van der Waals surface area contributed by atoms with E-state index in [1.807, 2.05) is 30.3 Å². The first kappa shape index (κ1) is 14.9. The Morgan fingerprint density at radius 1 is 1.09 bits per heavy atom. The predicted octanol–water partition coefficient (Wildman–Crippen LogP) is 2.94. The Kier molecular flexibility index (Phi) is 4.14. The number of nitrogens with zero attached hydrogens (tertiary/aromatic N) is 3. The molecule has 3 aromatic rings. The average Bonchev–Trinajstić information content (AvgIpc) is 2.96. The van der Waals surface area contributed by atoms with E-state index in [-0.39, 0.29) is 24.1 Å². The second-order valence-electron chi connectivity index (χ2n) is 5.09. The van der Waals surface area contributed by atoms with E-state index in [9.17, 15) is 9.18 Å². The van der Waals surface area contributed by atoms with Gasteiger partial charge in [-0.3, -0.25) is 4.79 Å². The molecule has 5 nitrogen and oxygen atoms in total. The molecular weight excluding hydrogens is 295 g/mol. The number of anilines is 1. The lowest BCUT2D eigenvalue weighted by Gasteiger charge is -2.02. The molecule has 1 heterocycles. The van der Waals surface area contributed by atoms with Crippen LogP contribution in [-0.2, 0) is 6.42 Å². The molecule has 0 radical (unpaired) electrons. The third-order valence-corrected chi connectivity index (χ3v) is 3.44. The maximum atomic E-state index is 13.0. The predicted molar refractivity (Wildman–Crippen MR) is 85.2 cm³/mol. The molecule has 0 bridgehead atoms. The number of rotatable bonds is 4. The SMILES string of the molecule is Nc1nc(-c2ccc(F)cc2)nn1C(=O)CCc1ccccc1. The van der Waals surface area contributed by atoms with Crippen molar-refractivity contribution in [2.45, 2.75) is 12.8 Å². The fourth-order valence-electron chi connectivity index (χ4n) is 2.23. The molecule has 0 saturated carbocycles. The minimum atomic E-state index is -0.347. The lowest BCUT2D eigenvalue weighted by molar-refractivity contribution is 0.0890. The number of nitrogen functional groups attached to an aromatic ring is 1. The van der Waals surface area contributed by atoms with Gasteiger partial charge in [-0.25, -0.2) is 4.39 Å². The van der Waals surface area contributed by atoms with Gasteiger partial charge in [-0.2, -0.15) is 9.67 Å². The highest BCUT2D eigenvalue weighted by Gasteiger charge is 2.15. The summed E-state index contributed by atoms with van der Waals surface area (Å²) in [5.41, 5.74) is 7.45. The van der Waals surface area contributed by atoms with Crippen LogP contribution in [0.25, 0.3) is 11.4 Å². The standard InChI is InChI=1S/C17H15FN4O/c18-14-9-7-13(8-10-14)16-20-17(19)22(21-16)15(23)11-6-12-4-2-1-3-5-12/h1-5,7-10H,6,11H2,(H2,19,20,21). The summed E-state index contributed by atoms with van der Waals surface area (Å²) < 4.78 is 14.1. The summed E-state index contributed by atoms with van der Waals surface area (Å²) in [4.78, 5) is 16.3. The number of nitrogens with two attached hydrogens (primary N) is 1. The van der Waals surface area contributed by atoms with Gasteiger partial charge in [0, 0.05) is 12.0 Å². The molecule has 2 N–H and O–H groups in total. The molecule has 0 spiro atoms. The second-order valence-corrected chi connectivity index (χ2v) is 5.09. The topological polar surface area (TPSA) is 73.8 Å². The van der Waals surface area contributed by atoms with Crippen LogP contribution < -0.4 is 5.73 Å². The van der Waals surface area contributed by atoms with Crippen LogP contribution >= 0.6 is 0 Å². The van der Waals surface area contributed by atoms with Crippen LogP contribution in [-0.4, -0.2) is 20.7 Å². The van der Waals surface area contributed by atoms with Crippen molar-refractivity contribution in [2.24, 2.45) is 0 Å². The van der Waals surface area contributed by atoms with E-state index in [4.69, 9.17) is 5.73 Å². The van der Waals surface area contributed by atoms with Crippen molar-refractivity contribution in [1.29, 1.82) is 0 Å². The van der Waals surface area contributed by atoms with Gasteiger partial charge in [0.25, 0.3) is 0 Å². The van der Waals surface area contributed by atoms with E-state index in [1.165, 1.54) is 12.1 Å². The third kappa shape index (κ3) is 3.42. The van der Waals surface area contributed by atoms with Gasteiger partial charge in [0.2, 0.25) is 11.9 Å². The molecule has 23 heavy (non-hydrogen) atoms. The monoisotopic (exact) mass is 310 g/mol. The van der Waals surface area contributed by atoms with Crippen molar-refractivity contribution in [3.63, 3.8) is 0 Å². The summed E-state index contributed by atoms with van der Waals surface area (Å²) in [7, 11) is 0. The number of benzene rings is 2. The van der Waals surface area contributed by atoms with Gasteiger partial charge >= 0.3 is 0 Å². The summed E-state index contributed by atoms with van der Waals surface area (Å²) in [6, 6.07) is 15.4. The quantitative estimate of drug-likeness (QED) is 0.804. The average molecular weight is 310 g/mol. The van der Waals surface area contributed by atoms with E-state index < -0.39 is 0 Å². The summed E-state index contributed by atoms with van der Waals surface area (Å²) in [5.74, 6) is -0.245. The third-order valence-electron chi connectivity index (χ3n) is 3.44. The summed E-state index contributed by atoms with van der Waals surface area (Å²) in [6.07, 6.45) is 0.880. The van der Waals surface area contributed by atoms with Crippen molar-refractivity contribution in [2.75, 3.05) is 5.73 Å². The number of hydrogen-bond donors (Lipinski definition) is 1. The molecule has 0 aliphatic rings. The van der Waals surface area contributed by atoms with Gasteiger partial charge in [0.1, 0.15) is 5.82 Å². The number of aromatic nitrogens is 3. The highest BCUT2D eigenvalue weighted by Crippen LogP contribution is 2.17. The van der Waals surface area contributed by atoms with Crippen molar-refractivity contribution < 1.29 is 9.18 Å². The lowest BCUT2D eigenvalue weighted by Crippen LogP contribution is -2.15. The van der Waals surface area contributed by atoms with Crippen LogP contribution in [0.2, 0.25) is 0 Å². The molecule has 116 valence electrons. The van der Waals surface area contributed by atoms with Crippen molar-refractivity contribution in [3.05, 3.63) is 66.0 Å². The number of carbonyl (C=O) groups excluding carboxylic acids is 1. The number of halogens is 1. The number of aryl methyl sites for hydroxylation is 1. The largest absolute Gasteiger partial charge is 0.368 e. The fourth-order valence-corrected chi connectivity index (χ4v) is 2.23. The zero-order valence-corrected chi connectivity index (χ0v) is 12.3. The van der Waals surface area contributed by atoms with Crippen LogP contribution in [0, 0.1) is 5.82 Å². The summed E-state index contributed by atoms with van der Waals surface area (Å²) in [5, 5.41) is 4.13. The molecule has 0 fully saturated rings. The zero-order valence-electron chi connectivity index (χ0n) is 12.3. The molecule has 1 aromatic heterocycles. The zero-order chi connectivity index (χ0) is 16.2. The molecule has 3 rings (SSSR count). The van der Waals surface area contributed by atoms with Gasteiger partial charge in [-0.05, 0) is 36.2 Å². The number of carbonyl (C=O) groups is 1. The first-order valence-corrected chi connectivity index (χ1v) is 7.19. The Morgan fingerprint density at radius 2 is 1.78 bits per heavy atom. The van der Waals surface area contributed by atoms with Crippen molar-refractivity contribution >= 4 is 11.9 Å². The van der Waals surface area contributed by atoms with Crippen LogP contribution in [0.1, 0.15) is 16.8 Å². The highest BCUT2D eigenvalue weighted by molar-refractivity contribution is 5.81. The van der Waals surface area contributed by atoms with E-state index in [1.54, 1.807) is 12.1 Å². The molecule has 0 saturated heterocycles. The maximum Gasteiger partial charge on any atom is 0.250 e.